The largest absolute Gasteiger partial charge is 0.466 e. The molecule has 1 heterocycles. The van der Waals surface area contributed by atoms with Gasteiger partial charge in [-0.2, -0.15) is 0 Å². The normalized spacial score (nSPS) is 18.5. The standard InChI is InChI=1S/C7H10O3.H3O4P/c1-5(2)7(8)10-4-6-3-9-6;1-5(2,3)4/h6H,1,3-4H2,2H3;(H3,1,2,3,4). The Bertz CT molecular complexity index is 269. The first-order valence-corrected chi connectivity index (χ1v) is 5.49. The number of ether oxygens (including phenoxy) is 2. The number of rotatable bonds is 3. The summed E-state index contributed by atoms with van der Waals surface area (Å²) in [6.07, 6.45) is 0.142. The Labute approximate surface area is 86.6 Å². The van der Waals surface area contributed by atoms with Gasteiger partial charge in [-0.15, -0.1) is 0 Å². The molecule has 1 aliphatic rings. The van der Waals surface area contributed by atoms with Crippen molar-refractivity contribution in [2.24, 2.45) is 0 Å². The summed E-state index contributed by atoms with van der Waals surface area (Å²) in [4.78, 5) is 32.3. The van der Waals surface area contributed by atoms with Crippen molar-refractivity contribution >= 4 is 13.8 Å². The van der Waals surface area contributed by atoms with E-state index in [1.165, 1.54) is 0 Å². The van der Waals surface area contributed by atoms with Gasteiger partial charge < -0.3 is 24.2 Å². The molecule has 1 atom stereocenters. The number of carbonyl (C=O) groups is 1. The van der Waals surface area contributed by atoms with Gasteiger partial charge in [-0.1, -0.05) is 6.58 Å². The molecule has 1 unspecified atom stereocenters. The number of epoxide rings is 1. The Balaban J connectivity index is 0.000000336. The third-order valence-electron chi connectivity index (χ3n) is 1.15. The SMILES string of the molecule is C=C(C)C(=O)OCC1CO1.O=P(O)(O)O. The third kappa shape index (κ3) is 13.3. The van der Waals surface area contributed by atoms with Crippen LogP contribution in [-0.2, 0) is 18.8 Å². The Hall–Kier alpha value is -0.720. The van der Waals surface area contributed by atoms with E-state index < -0.39 is 7.82 Å². The Morgan fingerprint density at radius 2 is 2.00 bits per heavy atom. The molecule has 0 amide bonds. The second-order valence-electron chi connectivity index (χ2n) is 2.85. The highest BCUT2D eigenvalue weighted by atomic mass is 31.2. The minimum atomic E-state index is -4.64. The van der Waals surface area contributed by atoms with E-state index in [9.17, 15) is 4.79 Å². The minimum absolute atomic E-state index is 0.142. The van der Waals surface area contributed by atoms with Gasteiger partial charge in [-0.3, -0.25) is 0 Å². The first-order valence-electron chi connectivity index (χ1n) is 3.92. The lowest BCUT2D eigenvalue weighted by atomic mass is 10.4. The fourth-order valence-corrected chi connectivity index (χ4v) is 0.456. The molecule has 0 aromatic carbocycles. The summed E-state index contributed by atoms with van der Waals surface area (Å²) in [6, 6.07) is 0. The molecule has 0 saturated carbocycles. The van der Waals surface area contributed by atoms with Crippen molar-refractivity contribution in [2.75, 3.05) is 13.2 Å². The first kappa shape index (κ1) is 14.3. The quantitative estimate of drug-likeness (QED) is 0.265. The number of hydrogen-bond acceptors (Lipinski definition) is 4. The van der Waals surface area contributed by atoms with Crippen molar-refractivity contribution in [3.8, 4) is 0 Å². The van der Waals surface area contributed by atoms with Gasteiger partial charge in [0.2, 0.25) is 0 Å². The lowest BCUT2D eigenvalue weighted by molar-refractivity contribution is -0.139. The van der Waals surface area contributed by atoms with Gasteiger partial charge in [0.05, 0.1) is 6.61 Å². The molecule has 88 valence electrons. The summed E-state index contributed by atoms with van der Waals surface area (Å²) in [6.45, 7) is 6.14. The van der Waals surface area contributed by atoms with E-state index in [-0.39, 0.29) is 12.1 Å². The minimum Gasteiger partial charge on any atom is -0.459 e. The molecule has 8 heteroatoms. The van der Waals surface area contributed by atoms with E-state index in [0.717, 1.165) is 0 Å². The molecule has 3 N–H and O–H groups in total. The summed E-state index contributed by atoms with van der Waals surface area (Å²) in [7, 11) is -4.64. The molecule has 15 heavy (non-hydrogen) atoms. The highest BCUT2D eigenvalue weighted by Gasteiger charge is 2.24. The van der Waals surface area contributed by atoms with Crippen LogP contribution >= 0.6 is 7.82 Å². The van der Waals surface area contributed by atoms with Crippen LogP contribution in [-0.4, -0.2) is 40.0 Å². The lowest BCUT2D eigenvalue weighted by Gasteiger charge is -1.99. The van der Waals surface area contributed by atoms with Crippen molar-refractivity contribution in [1.82, 2.24) is 0 Å². The fraction of sp³-hybridized carbons (Fsp3) is 0.571. The maximum atomic E-state index is 10.7. The molecular weight excluding hydrogens is 227 g/mol. The molecular formula is C7H13O7P. The van der Waals surface area contributed by atoms with Crippen LogP contribution in [0.15, 0.2) is 12.2 Å². The van der Waals surface area contributed by atoms with Crippen LogP contribution in [0.5, 0.6) is 0 Å². The van der Waals surface area contributed by atoms with Crippen molar-refractivity contribution < 1.29 is 33.5 Å². The molecule has 7 nitrogen and oxygen atoms in total. The van der Waals surface area contributed by atoms with Gasteiger partial charge in [-0.25, -0.2) is 9.36 Å². The zero-order chi connectivity index (χ0) is 12.1. The van der Waals surface area contributed by atoms with Gasteiger partial charge in [0.25, 0.3) is 0 Å². The Morgan fingerprint density at radius 3 is 2.27 bits per heavy atom. The van der Waals surface area contributed by atoms with Crippen LogP contribution in [0, 0.1) is 0 Å². The highest BCUT2D eigenvalue weighted by molar-refractivity contribution is 7.45. The molecule has 0 spiro atoms. The van der Waals surface area contributed by atoms with E-state index >= 15 is 0 Å². The second-order valence-corrected chi connectivity index (χ2v) is 3.87. The zero-order valence-corrected chi connectivity index (χ0v) is 9.01. The van der Waals surface area contributed by atoms with Gasteiger partial charge >= 0.3 is 13.8 Å². The highest BCUT2D eigenvalue weighted by Crippen LogP contribution is 2.25. The van der Waals surface area contributed by atoms with E-state index in [1.54, 1.807) is 6.92 Å². The molecule has 0 aromatic rings. The first-order chi connectivity index (χ1) is 6.70. The van der Waals surface area contributed by atoms with Crippen LogP contribution in [0.3, 0.4) is 0 Å². The number of esters is 1. The fourth-order valence-electron chi connectivity index (χ4n) is 0.456. The number of hydrogen-bond donors (Lipinski definition) is 3. The van der Waals surface area contributed by atoms with E-state index in [2.05, 4.69) is 6.58 Å². The monoisotopic (exact) mass is 240 g/mol. The Kier molecular flexibility index (Phi) is 5.71. The molecule has 0 aromatic heterocycles. The van der Waals surface area contributed by atoms with Crippen molar-refractivity contribution in [1.29, 1.82) is 0 Å². The van der Waals surface area contributed by atoms with Gasteiger partial charge in [-0.05, 0) is 6.92 Å². The maximum absolute atomic E-state index is 10.7. The molecule has 0 radical (unpaired) electrons. The summed E-state index contributed by atoms with van der Waals surface area (Å²) >= 11 is 0. The summed E-state index contributed by atoms with van der Waals surface area (Å²) in [5.74, 6) is -0.337. The van der Waals surface area contributed by atoms with Crippen LogP contribution < -0.4 is 0 Å². The zero-order valence-electron chi connectivity index (χ0n) is 8.12. The summed E-state index contributed by atoms with van der Waals surface area (Å²) in [5, 5.41) is 0. The lowest BCUT2D eigenvalue weighted by Crippen LogP contribution is -2.09. The molecule has 0 aliphatic carbocycles. The van der Waals surface area contributed by atoms with Crippen LogP contribution in [0.25, 0.3) is 0 Å². The molecule has 1 fully saturated rings. The van der Waals surface area contributed by atoms with Gasteiger partial charge in [0.1, 0.15) is 12.7 Å². The average Bonchev–Trinajstić information content (AvgIpc) is 2.79. The molecule has 1 aliphatic heterocycles. The van der Waals surface area contributed by atoms with Crippen LogP contribution in [0.2, 0.25) is 0 Å². The third-order valence-corrected chi connectivity index (χ3v) is 1.15. The van der Waals surface area contributed by atoms with Crippen LogP contribution in [0.4, 0.5) is 0 Å². The second kappa shape index (κ2) is 5.99. The van der Waals surface area contributed by atoms with E-state index in [1.807, 2.05) is 0 Å². The van der Waals surface area contributed by atoms with Gasteiger partial charge in [0.15, 0.2) is 0 Å². The van der Waals surface area contributed by atoms with Crippen molar-refractivity contribution in [3.05, 3.63) is 12.2 Å². The van der Waals surface area contributed by atoms with Crippen molar-refractivity contribution in [2.45, 2.75) is 13.0 Å². The number of carbonyl (C=O) groups excluding carboxylic acids is 1. The predicted molar refractivity (Wildman–Crippen MR) is 49.8 cm³/mol. The summed E-state index contributed by atoms with van der Waals surface area (Å²) in [5.41, 5.74) is 0.431. The van der Waals surface area contributed by atoms with E-state index in [0.29, 0.717) is 18.8 Å². The molecule has 1 rings (SSSR count). The molecule has 1 saturated heterocycles. The smallest absolute Gasteiger partial charge is 0.459 e. The van der Waals surface area contributed by atoms with Crippen LogP contribution in [0.1, 0.15) is 6.92 Å². The Morgan fingerprint density at radius 1 is 1.60 bits per heavy atom. The summed E-state index contributed by atoms with van der Waals surface area (Å²) < 4.78 is 18.5. The van der Waals surface area contributed by atoms with Gasteiger partial charge in [0, 0.05) is 5.57 Å². The maximum Gasteiger partial charge on any atom is 0.466 e. The van der Waals surface area contributed by atoms with E-state index in [4.69, 9.17) is 28.7 Å². The number of phosphoric acid groups is 1. The average molecular weight is 240 g/mol. The van der Waals surface area contributed by atoms with Crippen molar-refractivity contribution in [3.63, 3.8) is 0 Å². The predicted octanol–water partition coefficient (Wildman–Crippen LogP) is -0.424. The topological polar surface area (TPSA) is 117 Å². The molecule has 0 bridgehead atoms.